The summed E-state index contributed by atoms with van der Waals surface area (Å²) < 4.78 is 60.3. The van der Waals surface area contributed by atoms with E-state index in [1.54, 1.807) is 18.8 Å². The van der Waals surface area contributed by atoms with Crippen LogP contribution in [0.25, 0.3) is 5.69 Å². The average molecular weight is 525 g/mol. The van der Waals surface area contributed by atoms with Gasteiger partial charge in [-0.1, -0.05) is 0 Å². The molecule has 0 atom stereocenters. The van der Waals surface area contributed by atoms with Crippen LogP contribution in [0.2, 0.25) is 0 Å². The van der Waals surface area contributed by atoms with Gasteiger partial charge in [-0.25, -0.2) is 31.7 Å². The first-order valence-electron chi connectivity index (χ1n) is 10.6. The number of rotatable bonds is 7. The Morgan fingerprint density at radius 3 is 2.42 bits per heavy atom. The molecule has 3 aromatic rings. The zero-order chi connectivity index (χ0) is 26.4. The van der Waals surface area contributed by atoms with Gasteiger partial charge in [0.1, 0.15) is 10.6 Å². The van der Waals surface area contributed by atoms with Crippen LogP contribution >= 0.6 is 0 Å². The molecule has 2 aromatic heterocycles. The first kappa shape index (κ1) is 25.4. The van der Waals surface area contributed by atoms with Crippen LogP contribution in [0.15, 0.2) is 38.9 Å². The molecule has 15 heteroatoms. The van der Waals surface area contributed by atoms with Crippen LogP contribution in [-0.4, -0.2) is 50.5 Å². The van der Waals surface area contributed by atoms with Crippen molar-refractivity contribution in [3.8, 4) is 23.1 Å². The summed E-state index contributed by atoms with van der Waals surface area (Å²) in [6.45, 7) is 3.16. The Morgan fingerprint density at radius 2 is 1.83 bits per heavy atom. The van der Waals surface area contributed by atoms with E-state index in [1.807, 2.05) is 0 Å². The minimum atomic E-state index is -4.14. The van der Waals surface area contributed by atoms with Gasteiger partial charge in [0.2, 0.25) is 15.9 Å². The predicted octanol–water partition coefficient (Wildman–Crippen LogP) is 1.17. The largest absolute Gasteiger partial charge is 0.505 e. The summed E-state index contributed by atoms with van der Waals surface area (Å²) in [4.78, 5) is 28.9. The number of nitrogens with one attached hydrogen (secondary N) is 2. The fraction of sp³-hybridized carbons (Fsp3) is 0.333. The lowest BCUT2D eigenvalue weighted by atomic mass is 9.91. The summed E-state index contributed by atoms with van der Waals surface area (Å²) in [5.41, 5.74) is -2.52. The number of halogens is 2. The SMILES string of the molecule is Cc1cc(-n2nc(C(F)F)c(=O)[nH]c2=O)cc(C)c1Oc1cc(S(=O)(=O)N[C@H]2C[C@H](O)C2)c(O)cn1. The maximum Gasteiger partial charge on any atom is 0.349 e. The zero-order valence-corrected chi connectivity index (χ0v) is 19.7. The third-order valence-electron chi connectivity index (χ3n) is 5.50. The van der Waals surface area contributed by atoms with Crippen molar-refractivity contribution in [3.05, 3.63) is 62.1 Å². The maximum absolute atomic E-state index is 13.1. The van der Waals surface area contributed by atoms with Crippen LogP contribution < -0.4 is 20.7 Å². The number of aliphatic hydroxyl groups is 1. The number of H-pyrrole nitrogens is 1. The van der Waals surface area contributed by atoms with Gasteiger partial charge in [0.05, 0.1) is 18.0 Å². The summed E-state index contributed by atoms with van der Waals surface area (Å²) in [5.74, 6) is -0.543. The number of aromatic amines is 1. The topological polar surface area (TPSA) is 176 Å². The molecule has 0 unspecified atom stereocenters. The maximum atomic E-state index is 13.1. The standard InChI is InChI=1S/C21H21F2N5O7S/c1-9-3-12(28-21(32)25-20(31)17(26-28)19(22)23)4-10(2)18(9)35-16-7-15(14(30)8-24-16)36(33,34)27-11-5-13(29)6-11/h3-4,7-8,11,13,19,27,29-30H,5-6H2,1-2H3,(H,25,31,32)/t11-,13-. The molecular formula is C21H21F2N5O7S. The van der Waals surface area contributed by atoms with Gasteiger partial charge in [-0.05, 0) is 49.9 Å². The van der Waals surface area contributed by atoms with E-state index in [2.05, 4.69) is 14.8 Å². The number of aromatic hydroxyl groups is 1. The molecule has 1 aromatic carbocycles. The van der Waals surface area contributed by atoms with Gasteiger partial charge in [0.25, 0.3) is 12.0 Å². The van der Waals surface area contributed by atoms with E-state index in [-0.39, 0.29) is 30.2 Å². The Kier molecular flexibility index (Phi) is 6.64. The second kappa shape index (κ2) is 9.40. The van der Waals surface area contributed by atoms with Crippen molar-refractivity contribution in [2.24, 2.45) is 0 Å². The number of alkyl halides is 2. The van der Waals surface area contributed by atoms with Gasteiger partial charge in [0.15, 0.2) is 11.4 Å². The smallest absolute Gasteiger partial charge is 0.349 e. The van der Waals surface area contributed by atoms with Crippen molar-refractivity contribution in [1.29, 1.82) is 0 Å². The molecule has 1 aliphatic carbocycles. The highest BCUT2D eigenvalue weighted by Crippen LogP contribution is 2.33. The van der Waals surface area contributed by atoms with Gasteiger partial charge in [-0.3, -0.25) is 9.78 Å². The molecule has 0 bridgehead atoms. The van der Waals surface area contributed by atoms with Crippen molar-refractivity contribution in [1.82, 2.24) is 24.5 Å². The number of benzene rings is 1. The number of aliphatic hydroxyl groups excluding tert-OH is 1. The Labute approximate surface area is 202 Å². The lowest BCUT2D eigenvalue weighted by Gasteiger charge is -2.31. The molecule has 1 fully saturated rings. The van der Waals surface area contributed by atoms with Crippen molar-refractivity contribution in [2.45, 2.75) is 50.2 Å². The summed E-state index contributed by atoms with van der Waals surface area (Å²) in [5, 5.41) is 22.9. The second-order valence-electron chi connectivity index (χ2n) is 8.30. The van der Waals surface area contributed by atoms with E-state index in [0.29, 0.717) is 15.8 Å². The molecule has 1 saturated carbocycles. The van der Waals surface area contributed by atoms with E-state index in [0.717, 1.165) is 12.3 Å². The Hall–Kier alpha value is -3.69. The van der Waals surface area contributed by atoms with E-state index in [1.165, 1.54) is 12.1 Å². The van der Waals surface area contributed by atoms with Gasteiger partial charge in [0, 0.05) is 12.1 Å². The molecule has 2 heterocycles. The Balaban J connectivity index is 1.66. The van der Waals surface area contributed by atoms with Crippen molar-refractivity contribution in [2.75, 3.05) is 0 Å². The van der Waals surface area contributed by atoms with Crippen LogP contribution in [-0.2, 0) is 10.0 Å². The molecule has 1 aliphatic rings. The second-order valence-corrected chi connectivity index (χ2v) is 9.98. The average Bonchev–Trinajstić information content (AvgIpc) is 2.75. The summed E-state index contributed by atoms with van der Waals surface area (Å²) in [6.07, 6.45) is -2.36. The molecule has 36 heavy (non-hydrogen) atoms. The number of ether oxygens (including phenoxy) is 1. The van der Waals surface area contributed by atoms with Crippen LogP contribution in [0.4, 0.5) is 8.78 Å². The summed E-state index contributed by atoms with van der Waals surface area (Å²) in [6, 6.07) is 3.36. The number of hydrogen-bond acceptors (Lipinski definition) is 9. The highest BCUT2D eigenvalue weighted by atomic mass is 32.2. The van der Waals surface area contributed by atoms with Gasteiger partial charge >= 0.3 is 5.69 Å². The van der Waals surface area contributed by atoms with E-state index in [4.69, 9.17) is 4.74 Å². The number of aryl methyl sites for hydroxylation is 2. The highest BCUT2D eigenvalue weighted by Gasteiger charge is 2.32. The summed E-state index contributed by atoms with van der Waals surface area (Å²) in [7, 11) is -4.14. The first-order valence-corrected chi connectivity index (χ1v) is 12.0. The third kappa shape index (κ3) is 4.98. The molecule has 0 saturated heterocycles. The zero-order valence-electron chi connectivity index (χ0n) is 18.9. The summed E-state index contributed by atoms with van der Waals surface area (Å²) >= 11 is 0. The highest BCUT2D eigenvalue weighted by molar-refractivity contribution is 7.89. The number of nitrogens with zero attached hydrogens (tertiary/aromatic N) is 3. The quantitative estimate of drug-likeness (QED) is 0.353. The molecule has 0 aliphatic heterocycles. The van der Waals surface area contributed by atoms with Crippen molar-refractivity contribution in [3.63, 3.8) is 0 Å². The molecule has 192 valence electrons. The lowest BCUT2D eigenvalue weighted by molar-refractivity contribution is 0.0712. The monoisotopic (exact) mass is 525 g/mol. The number of pyridine rings is 1. The van der Waals surface area contributed by atoms with E-state index in [9.17, 15) is 37.0 Å². The molecule has 12 nitrogen and oxygen atoms in total. The molecule has 0 amide bonds. The van der Waals surface area contributed by atoms with Gasteiger partial charge in [-0.2, -0.15) is 9.78 Å². The molecule has 4 N–H and O–H groups in total. The van der Waals surface area contributed by atoms with Crippen molar-refractivity contribution >= 4 is 10.0 Å². The van der Waals surface area contributed by atoms with Crippen LogP contribution in [0, 0.1) is 13.8 Å². The third-order valence-corrected chi connectivity index (χ3v) is 7.05. The Morgan fingerprint density at radius 1 is 1.19 bits per heavy atom. The number of aromatic nitrogens is 4. The van der Waals surface area contributed by atoms with Crippen LogP contribution in [0.5, 0.6) is 17.4 Å². The molecule has 0 radical (unpaired) electrons. The van der Waals surface area contributed by atoms with Gasteiger partial charge < -0.3 is 14.9 Å². The number of sulfonamides is 1. The molecular weight excluding hydrogens is 504 g/mol. The first-order chi connectivity index (χ1) is 16.9. The van der Waals surface area contributed by atoms with E-state index < -0.39 is 56.2 Å². The fourth-order valence-corrected chi connectivity index (χ4v) is 5.04. The minimum absolute atomic E-state index is 0.0781. The Bertz CT molecular complexity index is 1530. The molecule has 0 spiro atoms. The normalized spacial score (nSPS) is 17.7. The van der Waals surface area contributed by atoms with Crippen LogP contribution in [0.3, 0.4) is 0 Å². The fourth-order valence-electron chi connectivity index (χ4n) is 3.70. The van der Waals surface area contributed by atoms with Crippen molar-refractivity contribution < 1.29 is 32.1 Å². The van der Waals surface area contributed by atoms with Gasteiger partial charge in [-0.15, -0.1) is 0 Å². The minimum Gasteiger partial charge on any atom is -0.505 e. The van der Waals surface area contributed by atoms with E-state index >= 15 is 0 Å². The van der Waals surface area contributed by atoms with Crippen LogP contribution in [0.1, 0.15) is 36.1 Å². The number of hydrogen-bond donors (Lipinski definition) is 4. The predicted molar refractivity (Wildman–Crippen MR) is 120 cm³/mol. The lowest BCUT2D eigenvalue weighted by Crippen LogP contribution is -2.46. The molecule has 4 rings (SSSR count).